The van der Waals surface area contributed by atoms with Gasteiger partial charge in [0.05, 0.1) is 0 Å². The Morgan fingerprint density at radius 1 is 0.508 bits per heavy atom. The predicted octanol–water partition coefficient (Wildman–Crippen LogP) is 14.3. The van der Waals surface area contributed by atoms with E-state index < -0.39 is 28.3 Å². The van der Waals surface area contributed by atoms with Gasteiger partial charge in [0.25, 0.3) is 0 Å². The van der Waals surface area contributed by atoms with Crippen LogP contribution in [0.2, 0.25) is 0 Å². The second-order valence-corrected chi connectivity index (χ2v) is 30.2. The van der Waals surface area contributed by atoms with Gasteiger partial charge < -0.3 is 0 Å². The van der Waals surface area contributed by atoms with Crippen molar-refractivity contribution in [3.8, 4) is 22.3 Å². The van der Waals surface area contributed by atoms with Gasteiger partial charge in [-0.15, -0.1) is 0 Å². The van der Waals surface area contributed by atoms with Crippen molar-refractivity contribution < 1.29 is 22.4 Å². The van der Waals surface area contributed by atoms with Crippen LogP contribution in [0.4, 0.5) is 0 Å². The average molecular weight is 884 g/mol. The number of benzene rings is 8. The summed E-state index contributed by atoms with van der Waals surface area (Å²) in [5.41, 5.74) is 18.0. The average Bonchev–Trinajstić information content (AvgIpc) is 3.79. The molecule has 0 radical (unpaired) electrons. The molecule has 0 saturated heterocycles. The molecule has 0 spiro atoms. The Balaban J connectivity index is 1.24. The maximum atomic E-state index is 2.65. The fourth-order valence-corrected chi connectivity index (χ4v) is 25.4. The molecule has 0 nitrogen and oxygen atoms in total. The molecular weight excluding hydrogens is 828 g/mol. The Morgan fingerprint density at radius 3 is 1.82 bits per heavy atom. The first-order valence-corrected chi connectivity index (χ1v) is 29.8. The second-order valence-electron chi connectivity index (χ2n) is 19.5. The summed E-state index contributed by atoms with van der Waals surface area (Å²) >= 11 is -1.18. The van der Waals surface area contributed by atoms with E-state index in [0.717, 1.165) is 12.8 Å². The van der Waals surface area contributed by atoms with Crippen molar-refractivity contribution in [2.24, 2.45) is 0 Å². The van der Waals surface area contributed by atoms with E-state index in [2.05, 4.69) is 218 Å². The van der Waals surface area contributed by atoms with E-state index in [0.29, 0.717) is 3.63 Å². The van der Waals surface area contributed by atoms with Crippen molar-refractivity contribution in [1.82, 2.24) is 0 Å². The minimum absolute atomic E-state index is 0.0345. The quantitative estimate of drug-likeness (QED) is 0.105. The molecule has 2 aliphatic carbocycles. The Morgan fingerprint density at radius 2 is 1.15 bits per heavy atom. The van der Waals surface area contributed by atoms with Crippen molar-refractivity contribution in [2.75, 3.05) is 0 Å². The molecule has 8 aromatic rings. The van der Waals surface area contributed by atoms with E-state index >= 15 is 0 Å². The standard InChI is InChI=1S/C47H45.C12H11Si.Zr/c1-8-14-30-27-41-37(40-26-29-15-9-10-16-33(29)35-17-11-12-18-36(35)40)19-13-20-39(41)44(30)45-42-28-31-25-32(46(2,3)4)21-22-34(31)38(42)23-24-43(45)47(5,6)7;1-3-7-11(8-4-1)13-12-9-5-2-6-10-12;/h9-13,15-28,44H,8,14H2,1-7H3;1-10,13H;. The van der Waals surface area contributed by atoms with Crippen molar-refractivity contribution in [1.29, 1.82) is 0 Å². The van der Waals surface area contributed by atoms with Crippen LogP contribution < -0.4 is 10.4 Å². The molecule has 8 aromatic carbocycles. The topological polar surface area (TPSA) is 0 Å². The Labute approximate surface area is 375 Å². The van der Waals surface area contributed by atoms with Crippen LogP contribution in [0.15, 0.2) is 169 Å². The zero-order valence-corrected chi connectivity index (χ0v) is 40.4. The van der Waals surface area contributed by atoms with Crippen molar-refractivity contribution >= 4 is 43.9 Å². The van der Waals surface area contributed by atoms with E-state index in [1.54, 1.807) is 32.6 Å². The number of fused-ring (bicyclic) bond motifs is 7. The maximum absolute atomic E-state index is 2.65. The zero-order valence-electron chi connectivity index (χ0n) is 36.8. The van der Waals surface area contributed by atoms with E-state index in [4.69, 9.17) is 0 Å². The molecule has 0 bridgehead atoms. The molecule has 61 heavy (non-hydrogen) atoms. The molecule has 0 fully saturated rings. The van der Waals surface area contributed by atoms with E-state index in [1.165, 1.54) is 66.1 Å². The third kappa shape index (κ3) is 7.09. The first-order chi connectivity index (χ1) is 29.5. The van der Waals surface area contributed by atoms with Gasteiger partial charge in [-0.25, -0.2) is 0 Å². The van der Waals surface area contributed by atoms with Crippen LogP contribution in [-0.4, -0.2) is 5.92 Å². The SMILES string of the molecule is CCCC1=Cc2c(-c3cc4ccccc4c4ccccc34)cccc2C1c1c(C(C)(C)C)ccc2c1[CH]([Zr][SiH](c1ccccc1)c1ccccc1)c1cc(C(C)(C)C)ccc1-2. The number of hydrogen-bond donors (Lipinski definition) is 0. The molecule has 0 N–H and O–H groups in total. The molecule has 0 saturated carbocycles. The summed E-state index contributed by atoms with van der Waals surface area (Å²) in [4.78, 5) is 0. The number of hydrogen-bond acceptors (Lipinski definition) is 0. The van der Waals surface area contributed by atoms with Gasteiger partial charge in [-0.3, -0.25) is 0 Å². The van der Waals surface area contributed by atoms with Crippen molar-refractivity contribution in [2.45, 2.75) is 81.7 Å². The molecule has 2 heteroatoms. The summed E-state index contributed by atoms with van der Waals surface area (Å²) in [5.74, 6) is -1.32. The van der Waals surface area contributed by atoms with Gasteiger partial charge in [0.2, 0.25) is 0 Å². The molecule has 0 aromatic heterocycles. The van der Waals surface area contributed by atoms with Gasteiger partial charge in [0, 0.05) is 0 Å². The molecule has 0 aliphatic heterocycles. The van der Waals surface area contributed by atoms with Crippen LogP contribution in [-0.2, 0) is 33.2 Å². The monoisotopic (exact) mass is 882 g/mol. The van der Waals surface area contributed by atoms with Crippen molar-refractivity contribution in [3.05, 3.63) is 208 Å². The first kappa shape index (κ1) is 40.2. The zero-order chi connectivity index (χ0) is 42.0. The van der Waals surface area contributed by atoms with E-state index in [1.807, 2.05) is 0 Å². The Bertz CT molecular complexity index is 2940. The molecule has 0 heterocycles. The molecule has 300 valence electrons. The van der Waals surface area contributed by atoms with E-state index in [-0.39, 0.29) is 16.7 Å². The van der Waals surface area contributed by atoms with Crippen LogP contribution in [0.5, 0.6) is 0 Å². The first-order valence-electron chi connectivity index (χ1n) is 22.4. The van der Waals surface area contributed by atoms with Crippen LogP contribution in [0.3, 0.4) is 0 Å². The summed E-state index contributed by atoms with van der Waals surface area (Å²) in [6, 6.07) is 63.7. The van der Waals surface area contributed by atoms with Gasteiger partial charge in [0.15, 0.2) is 0 Å². The molecule has 0 amide bonds. The van der Waals surface area contributed by atoms with Crippen LogP contribution in [0, 0.1) is 0 Å². The number of rotatable bonds is 8. The van der Waals surface area contributed by atoms with Crippen LogP contribution in [0.25, 0.3) is 49.9 Å². The fourth-order valence-electron chi connectivity index (χ4n) is 10.7. The minimum atomic E-state index is -1.53. The van der Waals surface area contributed by atoms with Gasteiger partial charge in [-0.1, -0.05) is 6.07 Å². The third-order valence-corrected chi connectivity index (χ3v) is 27.6. The van der Waals surface area contributed by atoms with Gasteiger partial charge in [-0.2, -0.15) is 0 Å². The van der Waals surface area contributed by atoms with Gasteiger partial charge >= 0.3 is 372 Å². The molecule has 2 unspecified atom stereocenters. The van der Waals surface area contributed by atoms with Gasteiger partial charge in [-0.05, 0) is 0 Å². The third-order valence-electron chi connectivity index (χ3n) is 13.5. The Hall–Kier alpha value is -4.88. The molecule has 2 aliphatic rings. The molecular formula is C59H56SiZr. The van der Waals surface area contributed by atoms with Crippen LogP contribution in [0.1, 0.15) is 110 Å². The summed E-state index contributed by atoms with van der Waals surface area (Å²) in [6.07, 6.45) is 4.84. The van der Waals surface area contributed by atoms with Crippen molar-refractivity contribution in [3.63, 3.8) is 0 Å². The molecule has 10 rings (SSSR count). The van der Waals surface area contributed by atoms with Gasteiger partial charge in [0.1, 0.15) is 0 Å². The predicted molar refractivity (Wildman–Crippen MR) is 262 cm³/mol. The second kappa shape index (κ2) is 15.8. The summed E-state index contributed by atoms with van der Waals surface area (Å²) < 4.78 is 0.449. The fraction of sp³-hybridized carbons (Fsp3) is 0.220. The number of allylic oxidation sites excluding steroid dienone is 1. The van der Waals surface area contributed by atoms with E-state index in [9.17, 15) is 0 Å². The Kier molecular flexibility index (Phi) is 10.4. The molecule has 2 atom stereocenters. The summed E-state index contributed by atoms with van der Waals surface area (Å²) in [7, 11) is 0. The van der Waals surface area contributed by atoms with Crippen LogP contribution >= 0.6 is 0 Å². The summed E-state index contributed by atoms with van der Waals surface area (Å²) in [5, 5.41) is 8.47. The summed E-state index contributed by atoms with van der Waals surface area (Å²) in [6.45, 7) is 16.9. The normalized spacial score (nSPS) is 15.8.